The molecule has 0 amide bonds. The van der Waals surface area contributed by atoms with Crippen molar-refractivity contribution in [2.75, 3.05) is 0 Å². The van der Waals surface area contributed by atoms with Crippen molar-refractivity contribution in [2.45, 2.75) is 38.5 Å². The van der Waals surface area contributed by atoms with Crippen LogP contribution in [0.5, 0.6) is 0 Å². The van der Waals surface area contributed by atoms with Crippen LogP contribution in [0.1, 0.15) is 50.2 Å². The summed E-state index contributed by atoms with van der Waals surface area (Å²) in [6.45, 7) is 4.47. The fourth-order valence-corrected chi connectivity index (χ4v) is 1.90. The van der Waals surface area contributed by atoms with Crippen LogP contribution in [0.3, 0.4) is 0 Å². The zero-order valence-electron chi connectivity index (χ0n) is 8.03. The molecule has 13 heavy (non-hydrogen) atoms. The molecule has 3 heteroatoms. The molecule has 1 aromatic rings. The highest BCUT2D eigenvalue weighted by atomic mass is 16.5. The minimum atomic E-state index is 0.565. The molecule has 2 saturated carbocycles. The molecule has 70 valence electrons. The molecule has 2 fully saturated rings. The van der Waals surface area contributed by atoms with Crippen LogP contribution in [0, 0.1) is 11.8 Å². The average molecular weight is 178 g/mol. The van der Waals surface area contributed by atoms with Crippen molar-refractivity contribution in [3.8, 4) is 0 Å². The first-order valence-corrected chi connectivity index (χ1v) is 5.09. The molecule has 0 aromatic carbocycles. The Bertz CT molecular complexity index is 303. The summed E-state index contributed by atoms with van der Waals surface area (Å²) in [4.78, 5) is 4.46. The third kappa shape index (κ3) is 1.18. The highest BCUT2D eigenvalue weighted by Gasteiger charge is 2.42. The zero-order chi connectivity index (χ0) is 9.00. The Morgan fingerprint density at radius 2 is 1.77 bits per heavy atom. The van der Waals surface area contributed by atoms with E-state index in [2.05, 4.69) is 24.0 Å². The number of aromatic nitrogens is 2. The fraction of sp³-hybridized carbons (Fsp3) is 0.800. The Balaban J connectivity index is 1.78. The molecule has 0 radical (unpaired) electrons. The van der Waals surface area contributed by atoms with E-state index in [0.717, 1.165) is 23.6 Å². The van der Waals surface area contributed by atoms with Crippen LogP contribution in [0.2, 0.25) is 0 Å². The number of hydrogen-bond donors (Lipinski definition) is 0. The fourth-order valence-electron chi connectivity index (χ4n) is 1.90. The van der Waals surface area contributed by atoms with Gasteiger partial charge in [0.15, 0.2) is 5.82 Å². The zero-order valence-corrected chi connectivity index (χ0v) is 8.03. The summed E-state index contributed by atoms with van der Waals surface area (Å²) in [5.74, 6) is 4.50. The van der Waals surface area contributed by atoms with Gasteiger partial charge in [-0.1, -0.05) is 19.0 Å². The summed E-state index contributed by atoms with van der Waals surface area (Å²) in [5, 5.41) is 4.04. The monoisotopic (exact) mass is 178 g/mol. The van der Waals surface area contributed by atoms with E-state index in [1.807, 2.05) is 0 Å². The molecule has 2 aliphatic rings. The molecule has 0 saturated heterocycles. The number of nitrogens with zero attached hydrogens (tertiary/aromatic N) is 2. The van der Waals surface area contributed by atoms with Crippen LogP contribution in [0.25, 0.3) is 0 Å². The summed E-state index contributed by atoms with van der Waals surface area (Å²) < 4.78 is 5.25. The van der Waals surface area contributed by atoms with Gasteiger partial charge in [-0.25, -0.2) is 0 Å². The molecule has 3 nitrogen and oxygen atoms in total. The molecule has 4 unspecified atom stereocenters. The van der Waals surface area contributed by atoms with E-state index in [0.29, 0.717) is 11.8 Å². The maximum absolute atomic E-state index is 5.25. The summed E-state index contributed by atoms with van der Waals surface area (Å²) in [5.41, 5.74) is 0. The summed E-state index contributed by atoms with van der Waals surface area (Å²) in [6.07, 6.45) is 2.46. The maximum atomic E-state index is 5.25. The predicted molar refractivity (Wildman–Crippen MR) is 47.3 cm³/mol. The minimum absolute atomic E-state index is 0.565. The third-order valence-corrected chi connectivity index (χ3v) is 3.33. The van der Waals surface area contributed by atoms with E-state index in [1.54, 1.807) is 0 Å². The highest BCUT2D eigenvalue weighted by molar-refractivity contribution is 5.12. The van der Waals surface area contributed by atoms with E-state index < -0.39 is 0 Å². The van der Waals surface area contributed by atoms with Crippen molar-refractivity contribution >= 4 is 0 Å². The topological polar surface area (TPSA) is 38.9 Å². The van der Waals surface area contributed by atoms with Crippen LogP contribution in [0.15, 0.2) is 4.52 Å². The van der Waals surface area contributed by atoms with E-state index in [1.165, 1.54) is 12.8 Å². The number of rotatable bonds is 2. The van der Waals surface area contributed by atoms with Crippen LogP contribution < -0.4 is 0 Å². The average Bonchev–Trinajstić information content (AvgIpc) is 2.96. The third-order valence-electron chi connectivity index (χ3n) is 3.33. The van der Waals surface area contributed by atoms with Crippen LogP contribution in [-0.2, 0) is 0 Å². The van der Waals surface area contributed by atoms with Gasteiger partial charge in [0.2, 0.25) is 5.89 Å². The van der Waals surface area contributed by atoms with Gasteiger partial charge in [-0.3, -0.25) is 0 Å². The highest BCUT2D eigenvalue weighted by Crippen LogP contribution is 2.49. The van der Waals surface area contributed by atoms with Gasteiger partial charge in [-0.15, -0.1) is 0 Å². The Labute approximate surface area is 77.5 Å². The van der Waals surface area contributed by atoms with E-state index in [9.17, 15) is 0 Å². The Morgan fingerprint density at radius 1 is 1.15 bits per heavy atom. The maximum Gasteiger partial charge on any atom is 0.230 e. The molecule has 4 atom stereocenters. The first-order chi connectivity index (χ1) is 6.25. The van der Waals surface area contributed by atoms with Gasteiger partial charge in [0.05, 0.1) is 0 Å². The van der Waals surface area contributed by atoms with E-state index in [4.69, 9.17) is 4.52 Å². The molecule has 0 spiro atoms. The van der Waals surface area contributed by atoms with Crippen LogP contribution >= 0.6 is 0 Å². The van der Waals surface area contributed by atoms with Gasteiger partial charge >= 0.3 is 0 Å². The van der Waals surface area contributed by atoms with Gasteiger partial charge in [0.25, 0.3) is 0 Å². The molecule has 0 bridgehead atoms. The molecule has 3 rings (SSSR count). The van der Waals surface area contributed by atoms with Crippen molar-refractivity contribution in [3.05, 3.63) is 11.7 Å². The summed E-state index contributed by atoms with van der Waals surface area (Å²) in [7, 11) is 0. The summed E-state index contributed by atoms with van der Waals surface area (Å²) in [6, 6.07) is 0. The predicted octanol–water partition coefficient (Wildman–Crippen LogP) is 2.32. The van der Waals surface area contributed by atoms with Gasteiger partial charge < -0.3 is 4.52 Å². The lowest BCUT2D eigenvalue weighted by Crippen LogP contribution is -1.85. The van der Waals surface area contributed by atoms with Gasteiger partial charge in [0, 0.05) is 11.8 Å². The second kappa shape index (κ2) is 2.34. The standard InChI is InChI=1S/C10H14N2O/c1-5-3-7(5)9-11-10(13-12-9)8-4-6(8)2/h5-8H,3-4H2,1-2H3. The Morgan fingerprint density at radius 3 is 2.31 bits per heavy atom. The van der Waals surface area contributed by atoms with Crippen molar-refractivity contribution in [1.82, 2.24) is 10.1 Å². The lowest BCUT2D eigenvalue weighted by atomic mass is 10.3. The van der Waals surface area contributed by atoms with E-state index in [-0.39, 0.29) is 0 Å². The smallest absolute Gasteiger partial charge is 0.230 e. The van der Waals surface area contributed by atoms with Crippen molar-refractivity contribution in [3.63, 3.8) is 0 Å². The van der Waals surface area contributed by atoms with Gasteiger partial charge in [-0.2, -0.15) is 4.98 Å². The molecule has 2 aliphatic carbocycles. The Kier molecular flexibility index (Phi) is 1.35. The first-order valence-electron chi connectivity index (χ1n) is 5.09. The molecular weight excluding hydrogens is 164 g/mol. The first kappa shape index (κ1) is 7.54. The van der Waals surface area contributed by atoms with Gasteiger partial charge in [0.1, 0.15) is 0 Å². The molecule has 1 aromatic heterocycles. The van der Waals surface area contributed by atoms with E-state index >= 15 is 0 Å². The lowest BCUT2D eigenvalue weighted by molar-refractivity contribution is 0.370. The normalized spacial score (nSPS) is 42.0. The molecule has 0 N–H and O–H groups in total. The number of hydrogen-bond acceptors (Lipinski definition) is 3. The SMILES string of the molecule is CC1CC1c1noc(C2CC2C)n1. The van der Waals surface area contributed by atoms with Crippen LogP contribution in [0.4, 0.5) is 0 Å². The summed E-state index contributed by atoms with van der Waals surface area (Å²) >= 11 is 0. The minimum Gasteiger partial charge on any atom is -0.339 e. The van der Waals surface area contributed by atoms with Gasteiger partial charge in [-0.05, 0) is 24.7 Å². The second-order valence-corrected chi connectivity index (χ2v) is 4.63. The quantitative estimate of drug-likeness (QED) is 0.697. The Hall–Kier alpha value is -0.860. The second-order valence-electron chi connectivity index (χ2n) is 4.63. The molecule has 1 heterocycles. The van der Waals surface area contributed by atoms with Crippen molar-refractivity contribution in [2.24, 2.45) is 11.8 Å². The lowest BCUT2D eigenvalue weighted by Gasteiger charge is -1.84. The molecule has 0 aliphatic heterocycles. The largest absolute Gasteiger partial charge is 0.339 e. The van der Waals surface area contributed by atoms with Crippen molar-refractivity contribution < 1.29 is 4.52 Å². The molecular formula is C10H14N2O. The van der Waals surface area contributed by atoms with Crippen molar-refractivity contribution in [1.29, 1.82) is 0 Å². The van der Waals surface area contributed by atoms with Crippen LogP contribution in [-0.4, -0.2) is 10.1 Å².